The van der Waals surface area contributed by atoms with Crippen LogP contribution >= 0.6 is 0 Å². The highest BCUT2D eigenvalue weighted by Gasteiger charge is 2.19. The Balaban J connectivity index is 3.19. The van der Waals surface area contributed by atoms with Crippen molar-refractivity contribution in [3.63, 3.8) is 0 Å². The van der Waals surface area contributed by atoms with E-state index in [0.717, 1.165) is 5.56 Å². The maximum Gasteiger partial charge on any atom is 0.204 e. The fourth-order valence-corrected chi connectivity index (χ4v) is 1.17. The topological polar surface area (TPSA) is 3.88 Å². The molecule has 0 spiro atoms. The molecule has 0 N–H and O–H groups in total. The Labute approximate surface area is 72.9 Å². The first-order valence-electron chi connectivity index (χ1n) is 4.06. The second-order valence-electron chi connectivity index (χ2n) is 4.12. The van der Waals surface area contributed by atoms with Gasteiger partial charge in [0.25, 0.3) is 0 Å². The van der Waals surface area contributed by atoms with E-state index in [4.69, 9.17) is 0 Å². The molecule has 1 aromatic rings. The van der Waals surface area contributed by atoms with Gasteiger partial charge in [-0.15, -0.1) is 0 Å². The van der Waals surface area contributed by atoms with Crippen molar-refractivity contribution in [2.45, 2.75) is 26.2 Å². The van der Waals surface area contributed by atoms with E-state index in [1.54, 1.807) is 4.57 Å². The summed E-state index contributed by atoms with van der Waals surface area (Å²) in [5.74, 6) is -0.132. The van der Waals surface area contributed by atoms with Crippen LogP contribution in [0.5, 0.6) is 0 Å². The van der Waals surface area contributed by atoms with Crippen molar-refractivity contribution in [2.75, 3.05) is 0 Å². The van der Waals surface area contributed by atoms with Gasteiger partial charge in [0.15, 0.2) is 12.0 Å². The lowest BCUT2D eigenvalue weighted by atomic mass is 9.87. The average Bonchev–Trinajstić information content (AvgIpc) is 1.83. The molecule has 0 aliphatic rings. The van der Waals surface area contributed by atoms with E-state index < -0.39 is 0 Å². The van der Waals surface area contributed by atoms with Gasteiger partial charge in [-0.1, -0.05) is 20.8 Å². The minimum atomic E-state index is -0.132. The van der Waals surface area contributed by atoms with Crippen molar-refractivity contribution < 1.29 is 8.96 Å². The van der Waals surface area contributed by atoms with E-state index in [1.165, 1.54) is 6.20 Å². The van der Waals surface area contributed by atoms with Crippen molar-refractivity contribution >= 4 is 0 Å². The summed E-state index contributed by atoms with van der Waals surface area (Å²) in [5.41, 5.74) is 0.652. The molecule has 0 amide bonds. The number of aryl methyl sites for hydroxylation is 1. The molecule has 1 heterocycles. The monoisotopic (exact) mass is 168 g/mol. The molecule has 1 nitrogen and oxygen atoms in total. The first-order valence-corrected chi connectivity index (χ1v) is 4.06. The molecule has 66 valence electrons. The summed E-state index contributed by atoms with van der Waals surface area (Å²) in [6, 6.07) is 1.83. The van der Waals surface area contributed by atoms with E-state index in [9.17, 15) is 4.39 Å². The van der Waals surface area contributed by atoms with Crippen molar-refractivity contribution in [1.29, 1.82) is 0 Å². The first-order chi connectivity index (χ1) is 5.41. The molecule has 0 saturated carbocycles. The summed E-state index contributed by atoms with van der Waals surface area (Å²) in [6.45, 7) is 6.02. The SMILES string of the molecule is C[n+]1ccc(C(C)(C)C)c(F)c1. The van der Waals surface area contributed by atoms with E-state index >= 15 is 0 Å². The zero-order valence-electron chi connectivity index (χ0n) is 8.06. The van der Waals surface area contributed by atoms with Crippen molar-refractivity contribution in [3.05, 3.63) is 29.8 Å². The van der Waals surface area contributed by atoms with Crippen LogP contribution in [0.2, 0.25) is 0 Å². The summed E-state index contributed by atoms with van der Waals surface area (Å²) in [7, 11) is 1.82. The maximum absolute atomic E-state index is 13.3. The number of rotatable bonds is 0. The standard InChI is InChI=1S/C10H15FN/c1-10(2,3)8-5-6-12(4)7-9(8)11/h5-7H,1-4H3/q+1. The van der Waals surface area contributed by atoms with Crippen LogP contribution in [-0.4, -0.2) is 0 Å². The van der Waals surface area contributed by atoms with Crippen LogP contribution in [0.1, 0.15) is 26.3 Å². The molecule has 0 radical (unpaired) electrons. The molecule has 0 aliphatic carbocycles. The average molecular weight is 168 g/mol. The zero-order chi connectivity index (χ0) is 9.35. The van der Waals surface area contributed by atoms with Gasteiger partial charge in [0, 0.05) is 11.6 Å². The Kier molecular flexibility index (Phi) is 2.18. The van der Waals surface area contributed by atoms with Gasteiger partial charge < -0.3 is 0 Å². The number of hydrogen-bond donors (Lipinski definition) is 0. The predicted molar refractivity (Wildman–Crippen MR) is 46.3 cm³/mol. The fourth-order valence-electron chi connectivity index (χ4n) is 1.17. The van der Waals surface area contributed by atoms with Gasteiger partial charge in [0.1, 0.15) is 7.05 Å². The van der Waals surface area contributed by atoms with E-state index in [2.05, 4.69) is 0 Å². The summed E-state index contributed by atoms with van der Waals surface area (Å²) < 4.78 is 15.0. The third kappa shape index (κ3) is 1.81. The highest BCUT2D eigenvalue weighted by atomic mass is 19.1. The Morgan fingerprint density at radius 2 is 1.92 bits per heavy atom. The molecule has 0 aromatic carbocycles. The van der Waals surface area contributed by atoms with Gasteiger partial charge in [0.05, 0.1) is 0 Å². The van der Waals surface area contributed by atoms with Gasteiger partial charge in [-0.3, -0.25) is 0 Å². The number of aromatic nitrogens is 1. The van der Waals surface area contributed by atoms with Crippen LogP contribution in [0, 0.1) is 5.82 Å². The summed E-state index contributed by atoms with van der Waals surface area (Å²) >= 11 is 0. The lowest BCUT2D eigenvalue weighted by Gasteiger charge is -2.18. The molecular formula is C10H15FN+. The second kappa shape index (κ2) is 2.85. The third-order valence-corrected chi connectivity index (χ3v) is 1.86. The van der Waals surface area contributed by atoms with E-state index in [0.29, 0.717) is 0 Å². The highest BCUT2D eigenvalue weighted by molar-refractivity contribution is 5.19. The Hall–Kier alpha value is -0.920. The molecule has 1 aromatic heterocycles. The van der Waals surface area contributed by atoms with Crippen LogP contribution in [0.25, 0.3) is 0 Å². The molecule has 12 heavy (non-hydrogen) atoms. The molecule has 0 unspecified atom stereocenters. The molecule has 1 rings (SSSR count). The zero-order valence-corrected chi connectivity index (χ0v) is 8.06. The minimum absolute atomic E-state index is 0.113. The van der Waals surface area contributed by atoms with E-state index in [-0.39, 0.29) is 11.2 Å². The lowest BCUT2D eigenvalue weighted by Crippen LogP contribution is -2.29. The molecular weight excluding hydrogens is 153 g/mol. The quantitative estimate of drug-likeness (QED) is 0.521. The number of hydrogen-bond acceptors (Lipinski definition) is 0. The largest absolute Gasteiger partial charge is 0.205 e. The predicted octanol–water partition coefficient (Wildman–Crippen LogP) is 1.95. The Morgan fingerprint density at radius 3 is 2.33 bits per heavy atom. The lowest BCUT2D eigenvalue weighted by molar-refractivity contribution is -0.673. The minimum Gasteiger partial charge on any atom is -0.205 e. The summed E-state index contributed by atoms with van der Waals surface area (Å²) in [4.78, 5) is 0. The number of halogens is 1. The van der Waals surface area contributed by atoms with Gasteiger partial charge in [-0.05, 0) is 5.41 Å². The van der Waals surface area contributed by atoms with Crippen LogP contribution in [0.15, 0.2) is 18.5 Å². The van der Waals surface area contributed by atoms with Gasteiger partial charge in [-0.25, -0.2) is 8.96 Å². The van der Waals surface area contributed by atoms with Crippen molar-refractivity contribution in [3.8, 4) is 0 Å². The highest BCUT2D eigenvalue weighted by Crippen LogP contribution is 2.23. The molecule has 0 bridgehead atoms. The first kappa shape index (κ1) is 9.17. The Bertz CT molecular complexity index is 286. The molecule has 0 aliphatic heterocycles. The van der Waals surface area contributed by atoms with Gasteiger partial charge >= 0.3 is 0 Å². The Morgan fingerprint density at radius 1 is 1.33 bits per heavy atom. The normalized spacial score (nSPS) is 11.8. The maximum atomic E-state index is 13.3. The molecule has 0 fully saturated rings. The number of pyridine rings is 1. The number of nitrogens with zero attached hydrogens (tertiary/aromatic N) is 1. The van der Waals surface area contributed by atoms with Gasteiger partial charge in [0.2, 0.25) is 6.20 Å². The van der Waals surface area contributed by atoms with E-state index in [1.807, 2.05) is 40.1 Å². The smallest absolute Gasteiger partial charge is 0.204 e. The van der Waals surface area contributed by atoms with Crippen LogP contribution in [0.3, 0.4) is 0 Å². The van der Waals surface area contributed by atoms with Gasteiger partial charge in [-0.2, -0.15) is 0 Å². The fraction of sp³-hybridized carbons (Fsp3) is 0.500. The van der Waals surface area contributed by atoms with Crippen molar-refractivity contribution in [1.82, 2.24) is 0 Å². The van der Waals surface area contributed by atoms with Crippen LogP contribution in [-0.2, 0) is 12.5 Å². The third-order valence-electron chi connectivity index (χ3n) is 1.86. The van der Waals surface area contributed by atoms with Crippen LogP contribution in [0.4, 0.5) is 4.39 Å². The second-order valence-corrected chi connectivity index (χ2v) is 4.12. The van der Waals surface area contributed by atoms with Crippen LogP contribution < -0.4 is 4.57 Å². The molecule has 0 atom stereocenters. The molecule has 0 saturated heterocycles. The summed E-state index contributed by atoms with van der Waals surface area (Å²) in [6.07, 6.45) is 3.37. The summed E-state index contributed by atoms with van der Waals surface area (Å²) in [5, 5.41) is 0. The van der Waals surface area contributed by atoms with Crippen molar-refractivity contribution in [2.24, 2.45) is 7.05 Å². The molecule has 2 heteroatoms.